The van der Waals surface area contributed by atoms with Gasteiger partial charge in [0.05, 0.1) is 7.11 Å². The van der Waals surface area contributed by atoms with Crippen molar-refractivity contribution in [3.63, 3.8) is 0 Å². The quantitative estimate of drug-likeness (QED) is 0.663. The number of hydrogen-bond donors (Lipinski definition) is 1. The summed E-state index contributed by atoms with van der Waals surface area (Å²) in [6.07, 6.45) is 7.81. The molecule has 1 fully saturated rings. The first-order valence-corrected chi connectivity index (χ1v) is 7.18. The van der Waals surface area contributed by atoms with Crippen LogP contribution in [0.5, 0.6) is 0 Å². The minimum Gasteiger partial charge on any atom is -0.466 e. The van der Waals surface area contributed by atoms with Gasteiger partial charge in [-0.3, -0.25) is 0 Å². The Bertz CT molecular complexity index is 462. The highest BCUT2D eigenvalue weighted by Gasteiger charge is 2.26. The minimum atomic E-state index is -0.342. The zero-order valence-corrected chi connectivity index (χ0v) is 11.9. The number of carbonyl (C=O) groups is 1. The Morgan fingerprint density at radius 1 is 1.30 bits per heavy atom. The van der Waals surface area contributed by atoms with Crippen LogP contribution in [0, 0.1) is 11.8 Å². The molecule has 3 heteroatoms. The van der Waals surface area contributed by atoms with Crippen LogP contribution >= 0.6 is 0 Å². The fraction of sp³-hybridized carbons (Fsp3) is 0.471. The van der Waals surface area contributed by atoms with Crippen LogP contribution in [0.1, 0.15) is 30.4 Å². The van der Waals surface area contributed by atoms with E-state index >= 15 is 0 Å². The number of aliphatic hydroxyl groups excluding tert-OH is 1. The first-order chi connectivity index (χ1) is 9.72. The average Bonchev–Trinajstić information content (AvgIpc) is 2.93. The van der Waals surface area contributed by atoms with Crippen molar-refractivity contribution in [1.29, 1.82) is 0 Å². The molecule has 0 radical (unpaired) electrons. The number of hydrogen-bond acceptors (Lipinski definition) is 3. The van der Waals surface area contributed by atoms with Crippen molar-refractivity contribution in [2.45, 2.75) is 25.7 Å². The zero-order chi connectivity index (χ0) is 14.4. The molecule has 0 bridgehead atoms. The Morgan fingerprint density at radius 3 is 2.65 bits per heavy atom. The molecular formula is C17H22O3. The summed E-state index contributed by atoms with van der Waals surface area (Å²) in [5.74, 6) is 0.733. The zero-order valence-electron chi connectivity index (χ0n) is 11.9. The van der Waals surface area contributed by atoms with Crippen molar-refractivity contribution in [2.24, 2.45) is 11.8 Å². The Morgan fingerprint density at radius 2 is 2.00 bits per heavy atom. The van der Waals surface area contributed by atoms with Crippen molar-refractivity contribution in [3.8, 4) is 0 Å². The molecule has 0 heterocycles. The Balaban J connectivity index is 1.94. The Kier molecular flexibility index (Phi) is 5.36. The predicted molar refractivity (Wildman–Crippen MR) is 79.1 cm³/mol. The number of methoxy groups -OCH3 is 1. The van der Waals surface area contributed by atoms with Gasteiger partial charge in [-0.1, -0.05) is 30.7 Å². The van der Waals surface area contributed by atoms with Crippen LogP contribution in [0.25, 0.3) is 6.08 Å². The molecule has 0 aliphatic heterocycles. The lowest BCUT2D eigenvalue weighted by molar-refractivity contribution is -0.134. The average molecular weight is 274 g/mol. The van der Waals surface area contributed by atoms with Gasteiger partial charge in [-0.05, 0) is 48.3 Å². The molecule has 1 aromatic rings. The molecule has 0 aromatic heterocycles. The molecule has 0 saturated heterocycles. The largest absolute Gasteiger partial charge is 0.466 e. The second kappa shape index (κ2) is 7.25. The van der Waals surface area contributed by atoms with Crippen LogP contribution in [0.2, 0.25) is 0 Å². The van der Waals surface area contributed by atoms with E-state index in [2.05, 4.69) is 16.9 Å². The van der Waals surface area contributed by atoms with Gasteiger partial charge in [0.25, 0.3) is 0 Å². The van der Waals surface area contributed by atoms with Gasteiger partial charge < -0.3 is 9.84 Å². The smallest absolute Gasteiger partial charge is 0.330 e. The van der Waals surface area contributed by atoms with Crippen molar-refractivity contribution >= 4 is 12.0 Å². The molecule has 2 rings (SSSR count). The van der Waals surface area contributed by atoms with Crippen LogP contribution in [-0.4, -0.2) is 24.8 Å². The highest BCUT2D eigenvalue weighted by atomic mass is 16.5. The van der Waals surface area contributed by atoms with Gasteiger partial charge in [0, 0.05) is 12.7 Å². The van der Waals surface area contributed by atoms with E-state index in [-0.39, 0.29) is 5.97 Å². The van der Waals surface area contributed by atoms with Gasteiger partial charge in [-0.25, -0.2) is 4.79 Å². The summed E-state index contributed by atoms with van der Waals surface area (Å²) in [5, 5.41) is 9.35. The summed E-state index contributed by atoms with van der Waals surface area (Å²) in [7, 11) is 1.37. The monoisotopic (exact) mass is 274 g/mol. The molecule has 1 aliphatic carbocycles. The highest BCUT2D eigenvalue weighted by molar-refractivity contribution is 5.86. The van der Waals surface area contributed by atoms with Crippen molar-refractivity contribution in [1.82, 2.24) is 0 Å². The summed E-state index contributed by atoms with van der Waals surface area (Å²) < 4.78 is 4.56. The van der Waals surface area contributed by atoms with Gasteiger partial charge in [-0.2, -0.15) is 0 Å². The first-order valence-electron chi connectivity index (χ1n) is 7.18. The number of carbonyl (C=O) groups excluding carboxylic acids is 1. The molecule has 1 aliphatic rings. The van der Waals surface area contributed by atoms with E-state index in [1.807, 2.05) is 12.1 Å². The maximum Gasteiger partial charge on any atom is 0.330 e. The van der Waals surface area contributed by atoms with E-state index in [4.69, 9.17) is 0 Å². The third-order valence-electron chi connectivity index (χ3n) is 4.14. The first kappa shape index (κ1) is 14.8. The number of rotatable bonds is 5. The summed E-state index contributed by atoms with van der Waals surface area (Å²) in [4.78, 5) is 11.0. The molecule has 3 nitrogen and oxygen atoms in total. The van der Waals surface area contributed by atoms with Crippen LogP contribution in [0.15, 0.2) is 30.3 Å². The molecule has 108 valence electrons. The summed E-state index contributed by atoms with van der Waals surface area (Å²) in [6, 6.07) is 8.22. The fourth-order valence-electron chi connectivity index (χ4n) is 2.92. The van der Waals surface area contributed by atoms with Crippen LogP contribution < -0.4 is 0 Å². The van der Waals surface area contributed by atoms with Crippen molar-refractivity contribution < 1.29 is 14.6 Å². The maximum atomic E-state index is 11.0. The summed E-state index contributed by atoms with van der Waals surface area (Å²) >= 11 is 0. The number of benzene rings is 1. The summed E-state index contributed by atoms with van der Waals surface area (Å²) in [6.45, 7) is 0.310. The molecule has 1 saturated carbocycles. The molecule has 20 heavy (non-hydrogen) atoms. The van der Waals surface area contributed by atoms with Gasteiger partial charge in [0.15, 0.2) is 0 Å². The van der Waals surface area contributed by atoms with Crippen molar-refractivity contribution in [3.05, 3.63) is 41.5 Å². The van der Waals surface area contributed by atoms with Gasteiger partial charge >= 0.3 is 5.97 Å². The van der Waals surface area contributed by atoms with E-state index in [9.17, 15) is 9.90 Å². The molecule has 0 amide bonds. The molecule has 0 spiro atoms. The number of ether oxygens (including phenoxy) is 1. The lowest BCUT2D eigenvalue weighted by Crippen LogP contribution is -2.14. The van der Waals surface area contributed by atoms with Gasteiger partial charge in [-0.15, -0.1) is 0 Å². The topological polar surface area (TPSA) is 46.5 Å². The molecule has 1 N–H and O–H groups in total. The van der Waals surface area contributed by atoms with E-state index in [0.29, 0.717) is 18.4 Å². The van der Waals surface area contributed by atoms with E-state index < -0.39 is 0 Å². The van der Waals surface area contributed by atoms with E-state index in [0.717, 1.165) is 18.4 Å². The molecular weight excluding hydrogens is 252 g/mol. The van der Waals surface area contributed by atoms with E-state index in [1.54, 1.807) is 6.08 Å². The normalized spacial score (nSPS) is 22.3. The standard InChI is InChI=1S/C17H22O3/c1-20-17(19)10-9-13-5-7-14(8-6-13)11-15-3-2-4-16(15)12-18/h5-10,15-16,18H,2-4,11-12H2,1H3/b10-9+/t15?,16-/m1/s1. The van der Waals surface area contributed by atoms with Gasteiger partial charge in [0.2, 0.25) is 0 Å². The summed E-state index contributed by atoms with van der Waals surface area (Å²) in [5.41, 5.74) is 2.29. The third-order valence-corrected chi connectivity index (χ3v) is 4.14. The third kappa shape index (κ3) is 3.94. The Labute approximate surface area is 120 Å². The lowest BCUT2D eigenvalue weighted by atomic mass is 9.90. The number of esters is 1. The highest BCUT2D eigenvalue weighted by Crippen LogP contribution is 2.33. The van der Waals surface area contributed by atoms with Gasteiger partial charge in [0.1, 0.15) is 0 Å². The molecule has 2 atom stereocenters. The number of aliphatic hydroxyl groups is 1. The van der Waals surface area contributed by atoms with Crippen LogP contribution in [0.4, 0.5) is 0 Å². The SMILES string of the molecule is COC(=O)/C=C/c1ccc(CC2CCC[C@@H]2CO)cc1. The Hall–Kier alpha value is -1.61. The van der Waals surface area contributed by atoms with E-state index in [1.165, 1.54) is 31.6 Å². The molecule has 1 unspecified atom stereocenters. The molecule has 1 aromatic carbocycles. The second-order valence-corrected chi connectivity index (χ2v) is 5.44. The minimum absolute atomic E-state index is 0.310. The van der Waals surface area contributed by atoms with Crippen LogP contribution in [0.3, 0.4) is 0 Å². The predicted octanol–water partition coefficient (Wildman–Crippen LogP) is 2.82. The van der Waals surface area contributed by atoms with Crippen LogP contribution in [-0.2, 0) is 16.0 Å². The van der Waals surface area contributed by atoms with Crippen molar-refractivity contribution in [2.75, 3.05) is 13.7 Å². The fourth-order valence-corrected chi connectivity index (χ4v) is 2.92. The second-order valence-electron chi connectivity index (χ2n) is 5.44. The lowest BCUT2D eigenvalue weighted by Gasteiger charge is -2.17. The maximum absolute atomic E-state index is 11.0.